The summed E-state index contributed by atoms with van der Waals surface area (Å²) < 4.78 is 6.04. The SMILES string of the molecule is CCc1cc(Br)ccc1NC(=O)COC(=O)c1ccc(N(C)C)cc1. The number of esters is 1. The number of nitrogens with zero attached hydrogens (tertiary/aromatic N) is 1. The van der Waals surface area contributed by atoms with Crippen molar-refractivity contribution in [2.24, 2.45) is 0 Å². The van der Waals surface area contributed by atoms with E-state index in [1.54, 1.807) is 12.1 Å². The van der Waals surface area contributed by atoms with Gasteiger partial charge in [-0.05, 0) is 54.4 Å². The summed E-state index contributed by atoms with van der Waals surface area (Å²) >= 11 is 3.41. The van der Waals surface area contributed by atoms with Gasteiger partial charge in [-0.1, -0.05) is 22.9 Å². The Kier molecular flexibility index (Phi) is 6.58. The molecule has 0 unspecified atom stereocenters. The van der Waals surface area contributed by atoms with E-state index in [4.69, 9.17) is 4.74 Å². The van der Waals surface area contributed by atoms with Gasteiger partial charge in [0.1, 0.15) is 0 Å². The molecule has 1 amide bonds. The molecular formula is C19H21BrN2O3. The molecule has 0 aromatic heterocycles. The molecule has 0 atom stereocenters. The fraction of sp³-hybridized carbons (Fsp3) is 0.263. The van der Waals surface area contributed by atoms with Gasteiger partial charge < -0.3 is 15.0 Å². The highest BCUT2D eigenvalue weighted by atomic mass is 79.9. The fourth-order valence-corrected chi connectivity index (χ4v) is 2.68. The van der Waals surface area contributed by atoms with E-state index in [-0.39, 0.29) is 12.5 Å². The molecule has 0 saturated heterocycles. The molecule has 0 aliphatic heterocycles. The van der Waals surface area contributed by atoms with Gasteiger partial charge >= 0.3 is 5.97 Å². The van der Waals surface area contributed by atoms with Crippen molar-refractivity contribution in [3.63, 3.8) is 0 Å². The van der Waals surface area contributed by atoms with Crippen molar-refractivity contribution in [2.75, 3.05) is 30.9 Å². The second-order valence-corrected chi connectivity index (χ2v) is 6.64. The van der Waals surface area contributed by atoms with Crippen LogP contribution in [-0.2, 0) is 16.0 Å². The lowest BCUT2D eigenvalue weighted by Gasteiger charge is -2.13. The Morgan fingerprint density at radius 2 is 1.80 bits per heavy atom. The number of hydrogen-bond donors (Lipinski definition) is 1. The average Bonchev–Trinajstić information content (AvgIpc) is 2.61. The Balaban J connectivity index is 1.92. The van der Waals surface area contributed by atoms with Crippen LogP contribution in [0.4, 0.5) is 11.4 Å². The van der Waals surface area contributed by atoms with E-state index in [0.29, 0.717) is 5.56 Å². The van der Waals surface area contributed by atoms with Crippen molar-refractivity contribution >= 4 is 39.2 Å². The van der Waals surface area contributed by atoms with Gasteiger partial charge in [0.2, 0.25) is 0 Å². The van der Waals surface area contributed by atoms with E-state index in [1.807, 2.05) is 56.3 Å². The number of rotatable bonds is 6. The minimum atomic E-state index is -0.521. The number of carbonyl (C=O) groups is 2. The van der Waals surface area contributed by atoms with Gasteiger partial charge in [-0.25, -0.2) is 4.79 Å². The van der Waals surface area contributed by atoms with Crippen LogP contribution in [0.15, 0.2) is 46.9 Å². The zero-order chi connectivity index (χ0) is 18.4. The maximum atomic E-state index is 12.0. The van der Waals surface area contributed by atoms with E-state index < -0.39 is 5.97 Å². The van der Waals surface area contributed by atoms with Gasteiger partial charge in [0, 0.05) is 29.9 Å². The van der Waals surface area contributed by atoms with Crippen LogP contribution in [0.25, 0.3) is 0 Å². The highest BCUT2D eigenvalue weighted by molar-refractivity contribution is 9.10. The van der Waals surface area contributed by atoms with Crippen LogP contribution in [-0.4, -0.2) is 32.6 Å². The molecule has 6 heteroatoms. The van der Waals surface area contributed by atoms with E-state index in [9.17, 15) is 9.59 Å². The van der Waals surface area contributed by atoms with Gasteiger partial charge in [-0.3, -0.25) is 4.79 Å². The third kappa shape index (κ3) is 5.32. The van der Waals surface area contributed by atoms with E-state index >= 15 is 0 Å². The normalized spacial score (nSPS) is 10.2. The van der Waals surface area contributed by atoms with Crippen LogP contribution in [0.1, 0.15) is 22.8 Å². The maximum absolute atomic E-state index is 12.0. The number of hydrogen-bond acceptors (Lipinski definition) is 4. The van der Waals surface area contributed by atoms with Crippen LogP contribution in [0.3, 0.4) is 0 Å². The van der Waals surface area contributed by atoms with Gasteiger partial charge in [-0.2, -0.15) is 0 Å². The number of aryl methyl sites for hydroxylation is 1. The summed E-state index contributed by atoms with van der Waals surface area (Å²) in [7, 11) is 3.84. The first kappa shape index (κ1) is 19.0. The lowest BCUT2D eigenvalue weighted by atomic mass is 10.1. The standard InChI is InChI=1S/C19H21BrN2O3/c1-4-13-11-15(20)7-10-17(13)21-18(23)12-25-19(24)14-5-8-16(9-6-14)22(2)3/h5-11H,4,12H2,1-3H3,(H,21,23). The number of amides is 1. The molecule has 0 heterocycles. The number of carbonyl (C=O) groups excluding carboxylic acids is 2. The number of halogens is 1. The fourth-order valence-electron chi connectivity index (χ4n) is 2.27. The monoisotopic (exact) mass is 404 g/mol. The summed E-state index contributed by atoms with van der Waals surface area (Å²) in [6.07, 6.45) is 0.785. The summed E-state index contributed by atoms with van der Waals surface area (Å²) in [5, 5.41) is 2.78. The van der Waals surface area contributed by atoms with E-state index in [1.165, 1.54) is 0 Å². The smallest absolute Gasteiger partial charge is 0.338 e. The van der Waals surface area contributed by atoms with Gasteiger partial charge in [0.05, 0.1) is 5.56 Å². The zero-order valence-corrected chi connectivity index (χ0v) is 16.1. The Bertz CT molecular complexity index is 758. The Morgan fingerprint density at radius 3 is 2.40 bits per heavy atom. The first-order valence-corrected chi connectivity index (χ1v) is 8.72. The van der Waals surface area contributed by atoms with Crippen LogP contribution >= 0.6 is 15.9 Å². The van der Waals surface area contributed by atoms with Crippen molar-refractivity contribution in [3.8, 4) is 0 Å². The zero-order valence-electron chi connectivity index (χ0n) is 14.5. The highest BCUT2D eigenvalue weighted by Crippen LogP contribution is 2.21. The van der Waals surface area contributed by atoms with Crippen LogP contribution < -0.4 is 10.2 Å². The summed E-state index contributed by atoms with van der Waals surface area (Å²) in [6, 6.07) is 12.6. The second kappa shape index (κ2) is 8.67. The lowest BCUT2D eigenvalue weighted by Crippen LogP contribution is -2.21. The van der Waals surface area contributed by atoms with Crippen LogP contribution in [0.2, 0.25) is 0 Å². The largest absolute Gasteiger partial charge is 0.452 e. The minimum absolute atomic E-state index is 0.326. The molecule has 0 spiro atoms. The third-order valence-electron chi connectivity index (χ3n) is 3.68. The van der Waals surface area contributed by atoms with Gasteiger partial charge in [-0.15, -0.1) is 0 Å². The van der Waals surface area contributed by atoms with E-state index in [0.717, 1.165) is 27.8 Å². The van der Waals surface area contributed by atoms with Crippen molar-refractivity contribution < 1.29 is 14.3 Å². The number of anilines is 2. The number of ether oxygens (including phenoxy) is 1. The molecule has 1 N–H and O–H groups in total. The molecule has 5 nitrogen and oxygen atoms in total. The van der Waals surface area contributed by atoms with Gasteiger partial charge in [0.25, 0.3) is 5.91 Å². The third-order valence-corrected chi connectivity index (χ3v) is 4.17. The second-order valence-electron chi connectivity index (χ2n) is 5.72. The van der Waals surface area contributed by atoms with Crippen molar-refractivity contribution in [1.29, 1.82) is 0 Å². The molecule has 2 aromatic rings. The highest BCUT2D eigenvalue weighted by Gasteiger charge is 2.12. The predicted molar refractivity (Wildman–Crippen MR) is 103 cm³/mol. The topological polar surface area (TPSA) is 58.6 Å². The number of benzene rings is 2. The Labute approximate surface area is 156 Å². The summed E-state index contributed by atoms with van der Waals surface area (Å²) in [5.41, 5.74) is 3.13. The average molecular weight is 405 g/mol. The summed E-state index contributed by atoms with van der Waals surface area (Å²) in [6.45, 7) is 1.68. The molecule has 0 fully saturated rings. The molecule has 2 rings (SSSR count). The molecule has 0 aliphatic carbocycles. The maximum Gasteiger partial charge on any atom is 0.338 e. The lowest BCUT2D eigenvalue weighted by molar-refractivity contribution is -0.119. The van der Waals surface area contributed by atoms with Crippen LogP contribution in [0.5, 0.6) is 0 Å². The predicted octanol–water partition coefficient (Wildman–Crippen LogP) is 3.87. The molecule has 0 aliphatic rings. The molecule has 0 saturated carbocycles. The van der Waals surface area contributed by atoms with Crippen molar-refractivity contribution in [2.45, 2.75) is 13.3 Å². The summed E-state index contributed by atoms with van der Waals surface area (Å²) in [4.78, 5) is 26.0. The quantitative estimate of drug-likeness (QED) is 0.742. The van der Waals surface area contributed by atoms with E-state index in [2.05, 4.69) is 21.2 Å². The molecule has 0 radical (unpaired) electrons. The molecule has 2 aromatic carbocycles. The van der Waals surface area contributed by atoms with Crippen molar-refractivity contribution in [1.82, 2.24) is 0 Å². The molecule has 132 valence electrons. The first-order valence-electron chi connectivity index (χ1n) is 7.93. The van der Waals surface area contributed by atoms with Crippen LogP contribution in [0, 0.1) is 0 Å². The Morgan fingerprint density at radius 1 is 1.12 bits per heavy atom. The molecule has 25 heavy (non-hydrogen) atoms. The number of nitrogens with one attached hydrogen (secondary N) is 1. The molecular weight excluding hydrogens is 384 g/mol. The van der Waals surface area contributed by atoms with Crippen molar-refractivity contribution in [3.05, 3.63) is 58.1 Å². The van der Waals surface area contributed by atoms with Gasteiger partial charge in [0.15, 0.2) is 6.61 Å². The molecule has 0 bridgehead atoms. The summed E-state index contributed by atoms with van der Waals surface area (Å²) in [5.74, 6) is -0.887. The first-order chi connectivity index (χ1) is 11.9. The minimum Gasteiger partial charge on any atom is -0.452 e. The Hall–Kier alpha value is -2.34.